The molecule has 1 saturated heterocycles. The molecule has 0 radical (unpaired) electrons. The van der Waals surface area contributed by atoms with E-state index in [0.29, 0.717) is 23.1 Å². The van der Waals surface area contributed by atoms with E-state index in [9.17, 15) is 4.79 Å². The van der Waals surface area contributed by atoms with Gasteiger partial charge in [0, 0.05) is 36.2 Å². The van der Waals surface area contributed by atoms with E-state index >= 15 is 0 Å². The Morgan fingerprint density at radius 2 is 1.74 bits per heavy atom. The van der Waals surface area contributed by atoms with Crippen LogP contribution in [0, 0.1) is 0 Å². The van der Waals surface area contributed by atoms with Crippen LogP contribution in [0.1, 0.15) is 5.56 Å². The smallest absolute Gasteiger partial charge is 0.410 e. The Hall–Kier alpha value is -0.970. The highest BCUT2D eigenvalue weighted by atomic mass is 35.5. The van der Waals surface area contributed by atoms with Crippen LogP contribution in [0.5, 0.6) is 0 Å². The van der Waals surface area contributed by atoms with Crippen LogP contribution in [0.2, 0.25) is 10.0 Å². The molecule has 0 bridgehead atoms. The summed E-state index contributed by atoms with van der Waals surface area (Å²) in [6, 6.07) is 5.13. The first-order valence-electron chi connectivity index (χ1n) is 6.10. The molecule has 19 heavy (non-hydrogen) atoms. The van der Waals surface area contributed by atoms with Gasteiger partial charge in [0.05, 0.1) is 0 Å². The van der Waals surface area contributed by atoms with Gasteiger partial charge in [-0.25, -0.2) is 4.79 Å². The Morgan fingerprint density at radius 3 is 2.32 bits per heavy atom. The van der Waals surface area contributed by atoms with Crippen molar-refractivity contribution in [2.75, 3.05) is 33.2 Å². The number of amides is 1. The number of hydrogen-bond acceptors (Lipinski definition) is 3. The normalized spacial score (nSPS) is 16.5. The number of ether oxygens (including phenoxy) is 1. The van der Waals surface area contributed by atoms with Crippen LogP contribution in [0.15, 0.2) is 18.2 Å². The van der Waals surface area contributed by atoms with Crippen molar-refractivity contribution >= 4 is 29.3 Å². The summed E-state index contributed by atoms with van der Waals surface area (Å²) in [6.07, 6.45) is -0.288. The molecular weight excluding hydrogens is 287 g/mol. The predicted octanol–water partition coefficient (Wildman–Crippen LogP) is 2.88. The van der Waals surface area contributed by atoms with E-state index in [1.165, 1.54) is 0 Å². The van der Waals surface area contributed by atoms with Gasteiger partial charge in [0.15, 0.2) is 0 Å². The average molecular weight is 303 g/mol. The summed E-state index contributed by atoms with van der Waals surface area (Å²) in [4.78, 5) is 15.8. The van der Waals surface area contributed by atoms with E-state index in [2.05, 4.69) is 4.90 Å². The lowest BCUT2D eigenvalue weighted by Gasteiger charge is -2.31. The van der Waals surface area contributed by atoms with Gasteiger partial charge in [0.1, 0.15) is 6.61 Å². The summed E-state index contributed by atoms with van der Waals surface area (Å²) in [5.41, 5.74) is 0.792. The first-order chi connectivity index (χ1) is 9.04. The maximum absolute atomic E-state index is 11.9. The molecule has 4 nitrogen and oxygen atoms in total. The third-order valence-electron chi connectivity index (χ3n) is 3.05. The van der Waals surface area contributed by atoms with Crippen LogP contribution < -0.4 is 0 Å². The third-order valence-corrected chi connectivity index (χ3v) is 3.48. The zero-order valence-electron chi connectivity index (χ0n) is 10.7. The molecule has 6 heteroatoms. The highest BCUT2D eigenvalue weighted by Gasteiger charge is 2.20. The second kappa shape index (κ2) is 6.46. The van der Waals surface area contributed by atoms with Crippen molar-refractivity contribution in [2.24, 2.45) is 0 Å². The molecule has 1 aromatic rings. The molecular formula is C13H16Cl2N2O2. The first kappa shape index (κ1) is 14.4. The van der Waals surface area contributed by atoms with Crippen molar-refractivity contribution in [3.05, 3.63) is 33.8 Å². The molecule has 1 fully saturated rings. The van der Waals surface area contributed by atoms with Gasteiger partial charge >= 0.3 is 6.09 Å². The van der Waals surface area contributed by atoms with E-state index in [0.717, 1.165) is 18.7 Å². The largest absolute Gasteiger partial charge is 0.445 e. The summed E-state index contributed by atoms with van der Waals surface area (Å²) in [7, 11) is 2.04. The summed E-state index contributed by atoms with van der Waals surface area (Å²) in [5.74, 6) is 0. The molecule has 1 amide bonds. The Kier molecular flexibility index (Phi) is 4.91. The van der Waals surface area contributed by atoms with E-state index in [1.54, 1.807) is 23.1 Å². The lowest BCUT2D eigenvalue weighted by molar-refractivity contribution is 0.0769. The van der Waals surface area contributed by atoms with Crippen molar-refractivity contribution in [1.82, 2.24) is 9.80 Å². The summed E-state index contributed by atoms with van der Waals surface area (Å²) in [5, 5.41) is 1.08. The van der Waals surface area contributed by atoms with Gasteiger partial charge in [0.2, 0.25) is 0 Å². The molecule has 0 unspecified atom stereocenters. The number of carbonyl (C=O) groups excluding carboxylic acids is 1. The highest BCUT2D eigenvalue weighted by molar-refractivity contribution is 6.34. The highest BCUT2D eigenvalue weighted by Crippen LogP contribution is 2.19. The zero-order valence-corrected chi connectivity index (χ0v) is 12.2. The van der Waals surface area contributed by atoms with Crippen molar-refractivity contribution in [1.29, 1.82) is 0 Å². The monoisotopic (exact) mass is 302 g/mol. The van der Waals surface area contributed by atoms with E-state index in [4.69, 9.17) is 27.9 Å². The van der Waals surface area contributed by atoms with Crippen LogP contribution in [-0.4, -0.2) is 49.1 Å². The fraction of sp³-hybridized carbons (Fsp3) is 0.462. The Labute approximate surface area is 122 Å². The van der Waals surface area contributed by atoms with Gasteiger partial charge < -0.3 is 14.5 Å². The van der Waals surface area contributed by atoms with Crippen LogP contribution >= 0.6 is 23.2 Å². The van der Waals surface area contributed by atoms with Crippen molar-refractivity contribution in [2.45, 2.75) is 6.61 Å². The minimum absolute atomic E-state index is 0.186. The molecule has 104 valence electrons. The molecule has 1 heterocycles. The van der Waals surface area contributed by atoms with Crippen LogP contribution in [0.25, 0.3) is 0 Å². The van der Waals surface area contributed by atoms with Crippen molar-refractivity contribution < 1.29 is 9.53 Å². The van der Waals surface area contributed by atoms with E-state index in [1.807, 2.05) is 7.05 Å². The van der Waals surface area contributed by atoms with Gasteiger partial charge in [0.25, 0.3) is 0 Å². The zero-order chi connectivity index (χ0) is 13.8. The number of rotatable bonds is 2. The minimum atomic E-state index is -0.288. The fourth-order valence-corrected chi connectivity index (χ4v) is 2.49. The summed E-state index contributed by atoms with van der Waals surface area (Å²) in [6.45, 7) is 3.33. The molecule has 0 N–H and O–H groups in total. The van der Waals surface area contributed by atoms with Crippen molar-refractivity contribution in [3.63, 3.8) is 0 Å². The molecule has 1 aliphatic heterocycles. The number of carbonyl (C=O) groups is 1. The molecule has 0 saturated carbocycles. The van der Waals surface area contributed by atoms with Gasteiger partial charge in [-0.1, -0.05) is 23.2 Å². The fourth-order valence-electron chi connectivity index (χ4n) is 1.92. The topological polar surface area (TPSA) is 32.8 Å². The van der Waals surface area contributed by atoms with Gasteiger partial charge in [-0.2, -0.15) is 0 Å². The van der Waals surface area contributed by atoms with Gasteiger partial charge in [-0.3, -0.25) is 0 Å². The molecule has 0 spiro atoms. The molecule has 0 aromatic heterocycles. The minimum Gasteiger partial charge on any atom is -0.445 e. The van der Waals surface area contributed by atoms with Crippen LogP contribution in [0.3, 0.4) is 0 Å². The number of piperazine rings is 1. The molecule has 0 aliphatic carbocycles. The van der Waals surface area contributed by atoms with Crippen LogP contribution in [-0.2, 0) is 11.3 Å². The Bertz CT molecular complexity index is 440. The lowest BCUT2D eigenvalue weighted by Crippen LogP contribution is -2.47. The second-order valence-electron chi connectivity index (χ2n) is 4.62. The molecule has 1 aromatic carbocycles. The summed E-state index contributed by atoms with van der Waals surface area (Å²) < 4.78 is 5.26. The van der Waals surface area contributed by atoms with Crippen LogP contribution in [0.4, 0.5) is 4.79 Å². The summed E-state index contributed by atoms with van der Waals surface area (Å²) >= 11 is 11.8. The maximum Gasteiger partial charge on any atom is 0.410 e. The Morgan fingerprint density at radius 1 is 1.16 bits per heavy atom. The second-order valence-corrected chi connectivity index (χ2v) is 5.50. The van der Waals surface area contributed by atoms with E-state index in [-0.39, 0.29) is 12.7 Å². The number of hydrogen-bond donors (Lipinski definition) is 0. The van der Waals surface area contributed by atoms with Crippen molar-refractivity contribution in [3.8, 4) is 0 Å². The average Bonchev–Trinajstić information content (AvgIpc) is 2.36. The van der Waals surface area contributed by atoms with E-state index < -0.39 is 0 Å². The van der Waals surface area contributed by atoms with Gasteiger partial charge in [-0.15, -0.1) is 0 Å². The molecule has 1 aliphatic rings. The van der Waals surface area contributed by atoms with Gasteiger partial charge in [-0.05, 0) is 30.8 Å². The quantitative estimate of drug-likeness (QED) is 0.842. The lowest BCUT2D eigenvalue weighted by atomic mass is 10.2. The Balaban J connectivity index is 1.86. The SMILES string of the molecule is CN1CCN(C(=O)OCc2cc(Cl)cc(Cl)c2)CC1. The maximum atomic E-state index is 11.9. The third kappa shape index (κ3) is 4.27. The standard InChI is InChI=1S/C13H16Cl2N2O2/c1-16-2-4-17(5-3-16)13(18)19-9-10-6-11(14)8-12(15)7-10/h6-8H,2-5,9H2,1H3. The number of benzene rings is 1. The number of nitrogens with zero attached hydrogens (tertiary/aromatic N) is 2. The molecule has 0 atom stereocenters. The first-order valence-corrected chi connectivity index (χ1v) is 6.85. The predicted molar refractivity (Wildman–Crippen MR) is 75.7 cm³/mol. The number of halogens is 2. The number of likely N-dealkylation sites (N-methyl/N-ethyl adjacent to an activating group) is 1. The molecule has 2 rings (SSSR count).